The van der Waals surface area contributed by atoms with Crippen LogP contribution in [0.5, 0.6) is 5.75 Å². The standard InChI is InChI=1S/C24H27NO/c1-20(16-17-21-10-4-2-5-11-21)25-18-23-14-8-9-15-24(23)26-19-22-12-6-3-7-13-22/h2-15,20,25H,16-19H2,1H3/t20-/m0/s1. The maximum Gasteiger partial charge on any atom is 0.124 e. The lowest BCUT2D eigenvalue weighted by molar-refractivity contribution is 0.301. The molecule has 0 saturated heterocycles. The molecule has 0 unspecified atom stereocenters. The third-order valence-electron chi connectivity index (χ3n) is 4.56. The van der Waals surface area contributed by atoms with E-state index in [4.69, 9.17) is 4.74 Å². The topological polar surface area (TPSA) is 21.3 Å². The first-order valence-corrected chi connectivity index (χ1v) is 9.33. The van der Waals surface area contributed by atoms with E-state index in [2.05, 4.69) is 72.9 Å². The highest BCUT2D eigenvalue weighted by atomic mass is 16.5. The summed E-state index contributed by atoms with van der Waals surface area (Å²) < 4.78 is 6.04. The van der Waals surface area contributed by atoms with Gasteiger partial charge in [0.05, 0.1) is 0 Å². The highest BCUT2D eigenvalue weighted by Gasteiger charge is 2.07. The predicted molar refractivity (Wildman–Crippen MR) is 108 cm³/mol. The van der Waals surface area contributed by atoms with Gasteiger partial charge in [0, 0.05) is 18.2 Å². The Kier molecular flexibility index (Phi) is 6.86. The zero-order chi connectivity index (χ0) is 18.0. The molecule has 1 N–H and O–H groups in total. The van der Waals surface area contributed by atoms with Crippen molar-refractivity contribution in [2.75, 3.05) is 0 Å². The van der Waals surface area contributed by atoms with Crippen molar-refractivity contribution in [3.05, 3.63) is 102 Å². The molecule has 0 bridgehead atoms. The molecule has 0 fully saturated rings. The number of rotatable bonds is 9. The van der Waals surface area contributed by atoms with Gasteiger partial charge in [-0.25, -0.2) is 0 Å². The third-order valence-corrected chi connectivity index (χ3v) is 4.56. The van der Waals surface area contributed by atoms with Crippen molar-refractivity contribution >= 4 is 0 Å². The summed E-state index contributed by atoms with van der Waals surface area (Å²) in [5, 5.41) is 3.63. The number of benzene rings is 3. The monoisotopic (exact) mass is 345 g/mol. The minimum atomic E-state index is 0.456. The fourth-order valence-corrected chi connectivity index (χ4v) is 2.94. The Morgan fingerprint density at radius 1 is 0.769 bits per heavy atom. The van der Waals surface area contributed by atoms with Crippen LogP contribution in [0.3, 0.4) is 0 Å². The number of ether oxygens (including phenoxy) is 1. The fourth-order valence-electron chi connectivity index (χ4n) is 2.94. The van der Waals surface area contributed by atoms with Crippen LogP contribution in [-0.4, -0.2) is 6.04 Å². The first-order chi connectivity index (χ1) is 12.8. The molecule has 2 nitrogen and oxygen atoms in total. The lowest BCUT2D eigenvalue weighted by atomic mass is 10.1. The molecule has 0 spiro atoms. The normalized spacial score (nSPS) is 11.9. The Labute approximate surface area is 156 Å². The molecule has 3 aromatic carbocycles. The van der Waals surface area contributed by atoms with Crippen LogP contribution >= 0.6 is 0 Å². The van der Waals surface area contributed by atoms with Crippen LogP contribution in [-0.2, 0) is 19.6 Å². The van der Waals surface area contributed by atoms with Crippen LogP contribution in [0.2, 0.25) is 0 Å². The molecule has 0 amide bonds. The maximum absolute atomic E-state index is 6.04. The molecule has 0 aliphatic carbocycles. The van der Waals surface area contributed by atoms with E-state index in [1.165, 1.54) is 16.7 Å². The van der Waals surface area contributed by atoms with Crippen LogP contribution in [0.1, 0.15) is 30.0 Å². The number of para-hydroxylation sites is 1. The van der Waals surface area contributed by atoms with Crippen LogP contribution < -0.4 is 10.1 Å². The van der Waals surface area contributed by atoms with Gasteiger partial charge in [0.15, 0.2) is 0 Å². The summed E-state index contributed by atoms with van der Waals surface area (Å²) in [4.78, 5) is 0. The minimum Gasteiger partial charge on any atom is -0.489 e. The Balaban J connectivity index is 1.49. The molecule has 26 heavy (non-hydrogen) atoms. The van der Waals surface area contributed by atoms with Crippen molar-refractivity contribution in [1.82, 2.24) is 5.32 Å². The quantitative estimate of drug-likeness (QED) is 0.562. The molecule has 0 aliphatic rings. The van der Waals surface area contributed by atoms with Crippen molar-refractivity contribution in [3.63, 3.8) is 0 Å². The van der Waals surface area contributed by atoms with Crippen LogP contribution in [0.15, 0.2) is 84.9 Å². The molecular weight excluding hydrogens is 318 g/mol. The van der Waals surface area contributed by atoms with Crippen molar-refractivity contribution in [2.45, 2.75) is 39.0 Å². The van der Waals surface area contributed by atoms with E-state index >= 15 is 0 Å². The summed E-state index contributed by atoms with van der Waals surface area (Å²) in [5.74, 6) is 0.958. The second-order valence-electron chi connectivity index (χ2n) is 6.69. The van der Waals surface area contributed by atoms with Gasteiger partial charge in [0.1, 0.15) is 12.4 Å². The molecule has 1 atom stereocenters. The zero-order valence-corrected chi connectivity index (χ0v) is 15.4. The highest BCUT2D eigenvalue weighted by molar-refractivity contribution is 5.33. The van der Waals surface area contributed by atoms with Gasteiger partial charge in [-0.3, -0.25) is 0 Å². The summed E-state index contributed by atoms with van der Waals surface area (Å²) in [5.41, 5.74) is 3.79. The van der Waals surface area contributed by atoms with E-state index in [-0.39, 0.29) is 0 Å². The smallest absolute Gasteiger partial charge is 0.124 e. The van der Waals surface area contributed by atoms with E-state index in [9.17, 15) is 0 Å². The molecule has 0 heterocycles. The van der Waals surface area contributed by atoms with E-state index in [0.29, 0.717) is 12.6 Å². The van der Waals surface area contributed by atoms with Crippen molar-refractivity contribution in [2.24, 2.45) is 0 Å². The first-order valence-electron chi connectivity index (χ1n) is 9.33. The molecule has 0 aliphatic heterocycles. The molecule has 0 radical (unpaired) electrons. The Hall–Kier alpha value is -2.58. The molecule has 3 rings (SSSR count). The summed E-state index contributed by atoms with van der Waals surface area (Å²) in [6, 6.07) is 29.7. The molecule has 0 aromatic heterocycles. The van der Waals surface area contributed by atoms with Gasteiger partial charge in [-0.2, -0.15) is 0 Å². The van der Waals surface area contributed by atoms with Crippen LogP contribution in [0.25, 0.3) is 0 Å². The summed E-state index contributed by atoms with van der Waals surface area (Å²) >= 11 is 0. The van der Waals surface area contributed by atoms with Crippen LogP contribution in [0.4, 0.5) is 0 Å². The predicted octanol–water partition coefficient (Wildman–Crippen LogP) is 5.38. The molecule has 3 aromatic rings. The maximum atomic E-state index is 6.04. The van der Waals surface area contributed by atoms with Crippen molar-refractivity contribution in [1.29, 1.82) is 0 Å². The van der Waals surface area contributed by atoms with Gasteiger partial charge < -0.3 is 10.1 Å². The molecule has 134 valence electrons. The second-order valence-corrected chi connectivity index (χ2v) is 6.69. The van der Waals surface area contributed by atoms with Gasteiger partial charge in [0.25, 0.3) is 0 Å². The van der Waals surface area contributed by atoms with Gasteiger partial charge in [-0.15, -0.1) is 0 Å². The number of aryl methyl sites for hydroxylation is 1. The largest absolute Gasteiger partial charge is 0.489 e. The number of nitrogens with one attached hydrogen (secondary N) is 1. The average molecular weight is 345 g/mol. The minimum absolute atomic E-state index is 0.456. The molecule has 2 heteroatoms. The van der Waals surface area contributed by atoms with Gasteiger partial charge >= 0.3 is 0 Å². The zero-order valence-electron chi connectivity index (χ0n) is 15.4. The number of hydrogen-bond acceptors (Lipinski definition) is 2. The first kappa shape index (κ1) is 18.2. The average Bonchev–Trinajstić information content (AvgIpc) is 2.71. The molecule has 0 saturated carbocycles. The summed E-state index contributed by atoms with van der Waals surface area (Å²) in [7, 11) is 0. The third kappa shape index (κ3) is 5.75. The van der Waals surface area contributed by atoms with Crippen molar-refractivity contribution < 1.29 is 4.74 Å². The van der Waals surface area contributed by atoms with E-state index in [1.807, 2.05) is 24.3 Å². The van der Waals surface area contributed by atoms with Gasteiger partial charge in [0.2, 0.25) is 0 Å². The van der Waals surface area contributed by atoms with Crippen LogP contribution in [0, 0.1) is 0 Å². The summed E-state index contributed by atoms with van der Waals surface area (Å²) in [6.07, 6.45) is 2.22. The van der Waals surface area contributed by atoms with Gasteiger partial charge in [-0.05, 0) is 37.0 Å². The summed E-state index contributed by atoms with van der Waals surface area (Å²) in [6.45, 7) is 3.67. The van der Waals surface area contributed by atoms with E-state index < -0.39 is 0 Å². The SMILES string of the molecule is C[C@@H](CCc1ccccc1)NCc1ccccc1OCc1ccccc1. The Morgan fingerprint density at radius 2 is 1.38 bits per heavy atom. The lowest BCUT2D eigenvalue weighted by Gasteiger charge is -2.16. The second kappa shape index (κ2) is 9.79. The molecular formula is C24H27NO. The lowest BCUT2D eigenvalue weighted by Crippen LogP contribution is -2.26. The van der Waals surface area contributed by atoms with E-state index in [0.717, 1.165) is 25.1 Å². The Bertz CT molecular complexity index is 770. The van der Waals surface area contributed by atoms with Crippen molar-refractivity contribution in [3.8, 4) is 5.75 Å². The Morgan fingerprint density at radius 3 is 2.12 bits per heavy atom. The highest BCUT2D eigenvalue weighted by Crippen LogP contribution is 2.19. The number of hydrogen-bond donors (Lipinski definition) is 1. The van der Waals surface area contributed by atoms with E-state index in [1.54, 1.807) is 0 Å². The van der Waals surface area contributed by atoms with Gasteiger partial charge in [-0.1, -0.05) is 78.9 Å². The fraction of sp³-hybridized carbons (Fsp3) is 0.250.